The lowest BCUT2D eigenvalue weighted by Gasteiger charge is -2.14. The summed E-state index contributed by atoms with van der Waals surface area (Å²) in [6, 6.07) is 13.6. The molecule has 1 heterocycles. The first-order valence-corrected chi connectivity index (χ1v) is 10.8. The Hall–Kier alpha value is -2.70. The van der Waals surface area contributed by atoms with E-state index in [4.69, 9.17) is 0 Å². The molecule has 2 aromatic carbocycles. The highest BCUT2D eigenvalue weighted by atomic mass is 32.1. The van der Waals surface area contributed by atoms with Crippen LogP contribution in [0.5, 0.6) is 0 Å². The van der Waals surface area contributed by atoms with Crippen LogP contribution in [0.25, 0.3) is 10.8 Å². The van der Waals surface area contributed by atoms with Gasteiger partial charge in [0.25, 0.3) is 11.8 Å². The molecule has 29 heavy (non-hydrogen) atoms. The van der Waals surface area contributed by atoms with Gasteiger partial charge in [0.2, 0.25) is 0 Å². The molecular formula is C23H25N3O2S. The van der Waals surface area contributed by atoms with Gasteiger partial charge in [-0.3, -0.25) is 15.0 Å². The van der Waals surface area contributed by atoms with Crippen LogP contribution in [0, 0.1) is 0 Å². The second-order valence-electron chi connectivity index (χ2n) is 7.62. The molecule has 0 bridgehead atoms. The van der Waals surface area contributed by atoms with E-state index in [9.17, 15) is 9.59 Å². The fourth-order valence-corrected chi connectivity index (χ4v) is 5.12. The number of amides is 2. The van der Waals surface area contributed by atoms with Gasteiger partial charge in [-0.25, -0.2) is 5.01 Å². The van der Waals surface area contributed by atoms with Crippen LogP contribution in [0.1, 0.15) is 50.4 Å². The topological polar surface area (TPSA) is 61.4 Å². The number of hydrazine groups is 1. The molecule has 2 amide bonds. The molecule has 0 unspecified atom stereocenters. The minimum atomic E-state index is -0.189. The van der Waals surface area contributed by atoms with E-state index in [-0.39, 0.29) is 11.8 Å². The van der Waals surface area contributed by atoms with Crippen molar-refractivity contribution in [3.8, 4) is 0 Å². The van der Waals surface area contributed by atoms with Gasteiger partial charge in [-0.2, -0.15) is 0 Å². The number of carbonyl (C=O) groups excluding carboxylic acids is 2. The molecule has 1 aliphatic carbocycles. The summed E-state index contributed by atoms with van der Waals surface area (Å²) < 4.78 is 0. The largest absolute Gasteiger partial charge is 0.313 e. The minimum Gasteiger partial charge on any atom is -0.313 e. The molecule has 6 heteroatoms. The molecule has 0 radical (unpaired) electrons. The van der Waals surface area contributed by atoms with Crippen LogP contribution in [-0.2, 0) is 12.8 Å². The summed E-state index contributed by atoms with van der Waals surface area (Å²) in [4.78, 5) is 27.1. The van der Waals surface area contributed by atoms with Gasteiger partial charge < -0.3 is 5.32 Å². The zero-order valence-corrected chi connectivity index (χ0v) is 17.6. The van der Waals surface area contributed by atoms with Gasteiger partial charge in [0.05, 0.1) is 5.56 Å². The summed E-state index contributed by atoms with van der Waals surface area (Å²) in [6.07, 6.45) is 5.22. The third-order valence-corrected chi connectivity index (χ3v) is 6.42. The first-order valence-electron chi connectivity index (χ1n) is 9.96. The van der Waals surface area contributed by atoms with Crippen molar-refractivity contribution in [2.75, 3.05) is 19.4 Å². The monoisotopic (exact) mass is 407 g/mol. The molecule has 0 fully saturated rings. The third-order valence-electron chi connectivity index (χ3n) is 5.21. The second kappa shape index (κ2) is 8.35. The lowest BCUT2D eigenvalue weighted by Crippen LogP contribution is -2.36. The molecular weight excluding hydrogens is 382 g/mol. The summed E-state index contributed by atoms with van der Waals surface area (Å²) in [5, 5.41) is 7.42. The third kappa shape index (κ3) is 4.18. The molecule has 0 atom stereocenters. The fourth-order valence-electron chi connectivity index (χ4n) is 3.84. The highest BCUT2D eigenvalue weighted by molar-refractivity contribution is 7.17. The summed E-state index contributed by atoms with van der Waals surface area (Å²) >= 11 is 1.55. The van der Waals surface area contributed by atoms with E-state index in [1.165, 1.54) is 11.3 Å². The molecule has 1 aromatic heterocycles. The molecule has 0 saturated carbocycles. The van der Waals surface area contributed by atoms with Crippen LogP contribution in [0.15, 0.2) is 42.5 Å². The molecule has 5 nitrogen and oxygen atoms in total. The number of benzene rings is 2. The van der Waals surface area contributed by atoms with Crippen molar-refractivity contribution in [3.63, 3.8) is 0 Å². The van der Waals surface area contributed by atoms with Gasteiger partial charge in [0.15, 0.2) is 0 Å². The number of hydrogen-bond donors (Lipinski definition) is 2. The number of thiophene rings is 1. The number of aryl methyl sites for hydroxylation is 1. The van der Waals surface area contributed by atoms with Crippen molar-refractivity contribution in [2.45, 2.75) is 32.1 Å². The molecule has 0 aliphatic heterocycles. The van der Waals surface area contributed by atoms with Crippen molar-refractivity contribution in [1.29, 1.82) is 0 Å². The Morgan fingerprint density at radius 2 is 1.69 bits per heavy atom. The molecule has 4 rings (SSSR count). The van der Waals surface area contributed by atoms with Crippen LogP contribution in [0.4, 0.5) is 5.00 Å². The number of nitrogens with zero attached hydrogens (tertiary/aromatic N) is 1. The van der Waals surface area contributed by atoms with E-state index < -0.39 is 0 Å². The Bertz CT molecular complexity index is 1070. The number of anilines is 1. The average molecular weight is 408 g/mol. The summed E-state index contributed by atoms with van der Waals surface area (Å²) in [6.45, 7) is 0. The number of nitrogens with one attached hydrogen (secondary N) is 2. The molecule has 1 aliphatic rings. The standard InChI is InChI=1S/C23H25N3O2S/c1-26(2)25-22(28)20-18-10-4-3-5-11-19(18)29-23(20)24-21(27)17-13-12-15-8-6-7-9-16(15)14-17/h6-9,12-14H,3-5,10-11H2,1-2H3,(H,24,27)(H,25,28). The van der Waals surface area contributed by atoms with Crippen molar-refractivity contribution in [2.24, 2.45) is 0 Å². The maximum atomic E-state index is 13.0. The van der Waals surface area contributed by atoms with Gasteiger partial charge in [-0.05, 0) is 54.2 Å². The van der Waals surface area contributed by atoms with E-state index in [0.717, 1.165) is 42.0 Å². The second-order valence-corrected chi connectivity index (χ2v) is 8.73. The predicted octanol–water partition coefficient (Wildman–Crippen LogP) is 4.63. The zero-order valence-electron chi connectivity index (χ0n) is 16.7. The first-order chi connectivity index (χ1) is 14.0. The number of fused-ring (bicyclic) bond motifs is 2. The van der Waals surface area contributed by atoms with E-state index in [2.05, 4.69) is 10.7 Å². The van der Waals surface area contributed by atoms with Crippen LogP contribution in [0.3, 0.4) is 0 Å². The van der Waals surface area contributed by atoms with E-state index in [1.54, 1.807) is 30.4 Å². The Morgan fingerprint density at radius 3 is 2.48 bits per heavy atom. The van der Waals surface area contributed by atoms with Crippen LogP contribution < -0.4 is 10.7 Å². The van der Waals surface area contributed by atoms with E-state index >= 15 is 0 Å². The summed E-state index contributed by atoms with van der Waals surface area (Å²) in [7, 11) is 3.58. The van der Waals surface area contributed by atoms with Crippen LogP contribution >= 0.6 is 11.3 Å². The van der Waals surface area contributed by atoms with Gasteiger partial charge in [-0.1, -0.05) is 36.8 Å². The SMILES string of the molecule is CN(C)NC(=O)c1c(NC(=O)c2ccc3ccccc3c2)sc2c1CCCCC2. The molecule has 0 spiro atoms. The molecule has 150 valence electrons. The number of carbonyl (C=O) groups is 2. The highest BCUT2D eigenvalue weighted by Gasteiger charge is 2.26. The smallest absolute Gasteiger partial charge is 0.268 e. The quantitative estimate of drug-likeness (QED) is 0.490. The summed E-state index contributed by atoms with van der Waals surface area (Å²) in [5.74, 6) is -0.353. The number of rotatable bonds is 4. The average Bonchev–Trinajstić information content (AvgIpc) is 2.87. The van der Waals surface area contributed by atoms with Crippen LogP contribution in [0.2, 0.25) is 0 Å². The van der Waals surface area contributed by atoms with Gasteiger partial charge in [-0.15, -0.1) is 11.3 Å². The number of hydrogen-bond acceptors (Lipinski definition) is 4. The maximum absolute atomic E-state index is 13.0. The highest BCUT2D eigenvalue weighted by Crippen LogP contribution is 2.37. The Labute approximate surface area is 174 Å². The Morgan fingerprint density at radius 1 is 0.931 bits per heavy atom. The fraction of sp³-hybridized carbons (Fsp3) is 0.304. The van der Waals surface area contributed by atoms with Gasteiger partial charge in [0, 0.05) is 24.5 Å². The predicted molar refractivity (Wildman–Crippen MR) is 119 cm³/mol. The molecule has 0 saturated heterocycles. The van der Waals surface area contributed by atoms with E-state index in [1.807, 2.05) is 42.5 Å². The molecule has 3 aromatic rings. The first kappa shape index (κ1) is 19.6. The Balaban J connectivity index is 1.67. The van der Waals surface area contributed by atoms with Gasteiger partial charge >= 0.3 is 0 Å². The maximum Gasteiger partial charge on any atom is 0.268 e. The van der Waals surface area contributed by atoms with Crippen molar-refractivity contribution in [1.82, 2.24) is 10.4 Å². The lowest BCUT2D eigenvalue weighted by atomic mass is 10.0. The van der Waals surface area contributed by atoms with Crippen molar-refractivity contribution < 1.29 is 9.59 Å². The summed E-state index contributed by atoms with van der Waals surface area (Å²) in [5.41, 5.74) is 5.15. The van der Waals surface area contributed by atoms with Crippen molar-refractivity contribution >= 4 is 38.9 Å². The van der Waals surface area contributed by atoms with Crippen molar-refractivity contribution in [3.05, 3.63) is 64.0 Å². The van der Waals surface area contributed by atoms with Crippen LogP contribution in [-0.4, -0.2) is 30.9 Å². The zero-order chi connectivity index (χ0) is 20.4. The Kier molecular flexibility index (Phi) is 5.65. The van der Waals surface area contributed by atoms with E-state index in [0.29, 0.717) is 16.1 Å². The lowest BCUT2D eigenvalue weighted by molar-refractivity contribution is 0.0857. The minimum absolute atomic E-state index is 0.164. The molecule has 2 N–H and O–H groups in total. The van der Waals surface area contributed by atoms with Gasteiger partial charge in [0.1, 0.15) is 5.00 Å². The normalized spacial score (nSPS) is 13.8.